The second-order valence-electron chi connectivity index (χ2n) is 7.16. The molecule has 154 valence electrons. The third-order valence-corrected chi connectivity index (χ3v) is 5.48. The van der Waals surface area contributed by atoms with Crippen molar-refractivity contribution in [2.75, 3.05) is 23.7 Å². The molecule has 1 fully saturated rings. The minimum Gasteiger partial charge on any atom is -0.325 e. The molecular weight excluding hydrogens is 400 g/mol. The van der Waals surface area contributed by atoms with Crippen molar-refractivity contribution in [3.05, 3.63) is 59.1 Å². The number of urea groups is 1. The molecule has 2 N–H and O–H groups in total. The Bertz CT molecular complexity index is 884. The molecule has 0 spiro atoms. The van der Waals surface area contributed by atoms with Crippen LogP contribution in [0.2, 0.25) is 5.02 Å². The van der Waals surface area contributed by atoms with Crippen molar-refractivity contribution in [2.24, 2.45) is 11.8 Å². The Hall–Kier alpha value is -2.67. The van der Waals surface area contributed by atoms with Gasteiger partial charge in [0.05, 0.1) is 5.69 Å². The molecule has 3 amide bonds. The summed E-state index contributed by atoms with van der Waals surface area (Å²) in [5.74, 6) is -2.12. The van der Waals surface area contributed by atoms with Crippen LogP contribution in [0.4, 0.5) is 25.0 Å². The van der Waals surface area contributed by atoms with Crippen molar-refractivity contribution in [2.45, 2.75) is 19.8 Å². The van der Waals surface area contributed by atoms with Crippen LogP contribution in [0, 0.1) is 23.5 Å². The van der Waals surface area contributed by atoms with Crippen LogP contribution in [0.25, 0.3) is 0 Å². The number of carbonyl (C=O) groups is 2. The number of hydrogen-bond acceptors (Lipinski definition) is 2. The molecule has 5 nitrogen and oxygen atoms in total. The number of carbonyl (C=O) groups excluding carboxylic acids is 2. The Morgan fingerprint density at radius 2 is 1.72 bits per heavy atom. The summed E-state index contributed by atoms with van der Waals surface area (Å²) in [7, 11) is 0. The van der Waals surface area contributed by atoms with E-state index < -0.39 is 11.6 Å². The summed E-state index contributed by atoms with van der Waals surface area (Å²) in [5, 5.41) is 5.94. The first-order valence-corrected chi connectivity index (χ1v) is 9.78. The lowest BCUT2D eigenvalue weighted by atomic mass is 9.85. The zero-order chi connectivity index (χ0) is 21.0. The van der Waals surface area contributed by atoms with E-state index in [1.807, 2.05) is 0 Å². The van der Waals surface area contributed by atoms with Gasteiger partial charge in [0, 0.05) is 35.8 Å². The average Bonchev–Trinajstić information content (AvgIpc) is 2.71. The van der Waals surface area contributed by atoms with Gasteiger partial charge >= 0.3 is 6.03 Å². The Balaban J connectivity index is 1.50. The zero-order valence-electron chi connectivity index (χ0n) is 15.9. The Kier molecular flexibility index (Phi) is 6.69. The quantitative estimate of drug-likeness (QED) is 0.718. The number of nitrogens with zero attached hydrogens (tertiary/aromatic N) is 1. The van der Waals surface area contributed by atoms with E-state index in [4.69, 9.17) is 11.6 Å². The molecular formula is C21H22ClF2N3O2. The lowest BCUT2D eigenvalue weighted by molar-refractivity contribution is -0.121. The summed E-state index contributed by atoms with van der Waals surface area (Å²) in [6.45, 7) is 2.82. The number of rotatable bonds is 4. The molecule has 1 saturated heterocycles. The molecule has 0 aliphatic carbocycles. The molecule has 0 bridgehead atoms. The van der Waals surface area contributed by atoms with Crippen LogP contribution < -0.4 is 10.6 Å². The third-order valence-electron chi connectivity index (χ3n) is 5.23. The van der Waals surface area contributed by atoms with Gasteiger partial charge in [0.15, 0.2) is 0 Å². The normalized spacial score (nSPS) is 15.7. The van der Waals surface area contributed by atoms with Crippen LogP contribution in [0.3, 0.4) is 0 Å². The van der Waals surface area contributed by atoms with E-state index in [-0.39, 0.29) is 29.5 Å². The smallest absolute Gasteiger partial charge is 0.321 e. The monoisotopic (exact) mass is 421 g/mol. The number of benzene rings is 2. The van der Waals surface area contributed by atoms with E-state index in [0.717, 1.165) is 12.1 Å². The second kappa shape index (κ2) is 9.22. The number of piperidine rings is 1. The zero-order valence-corrected chi connectivity index (χ0v) is 16.7. The van der Waals surface area contributed by atoms with Crippen LogP contribution in [-0.4, -0.2) is 29.9 Å². The number of likely N-dealkylation sites (tertiary alicyclic amines) is 1. The minimum absolute atomic E-state index is 0.0389. The maximum Gasteiger partial charge on any atom is 0.321 e. The lowest BCUT2D eigenvalue weighted by Gasteiger charge is -2.34. The van der Waals surface area contributed by atoms with Crippen molar-refractivity contribution in [1.29, 1.82) is 0 Å². The van der Waals surface area contributed by atoms with E-state index in [1.165, 1.54) is 6.07 Å². The molecule has 1 aliphatic rings. The summed E-state index contributed by atoms with van der Waals surface area (Å²) in [6, 6.07) is 9.71. The van der Waals surface area contributed by atoms with Crippen LogP contribution in [0.15, 0.2) is 42.5 Å². The number of amides is 3. The predicted molar refractivity (Wildman–Crippen MR) is 109 cm³/mol. The van der Waals surface area contributed by atoms with Crippen LogP contribution in [0.5, 0.6) is 0 Å². The summed E-state index contributed by atoms with van der Waals surface area (Å²) in [6.07, 6.45) is 1.32. The van der Waals surface area contributed by atoms with Gasteiger partial charge in [-0.05, 0) is 55.2 Å². The minimum atomic E-state index is -0.806. The molecule has 2 aromatic carbocycles. The van der Waals surface area contributed by atoms with Crippen molar-refractivity contribution < 1.29 is 18.4 Å². The summed E-state index contributed by atoms with van der Waals surface area (Å²) < 4.78 is 26.7. The van der Waals surface area contributed by atoms with Crippen molar-refractivity contribution in [1.82, 2.24) is 4.90 Å². The molecule has 0 saturated carbocycles. The highest BCUT2D eigenvalue weighted by Gasteiger charge is 2.30. The fourth-order valence-electron chi connectivity index (χ4n) is 3.39. The second-order valence-corrected chi connectivity index (χ2v) is 7.60. The van der Waals surface area contributed by atoms with Crippen molar-refractivity contribution in [3.63, 3.8) is 0 Å². The van der Waals surface area contributed by atoms with Crippen molar-refractivity contribution >= 4 is 34.9 Å². The van der Waals surface area contributed by atoms with E-state index >= 15 is 0 Å². The third kappa shape index (κ3) is 5.44. The Morgan fingerprint density at radius 3 is 2.34 bits per heavy atom. The largest absolute Gasteiger partial charge is 0.325 e. The van der Waals surface area contributed by atoms with E-state index in [0.29, 0.717) is 36.6 Å². The highest BCUT2D eigenvalue weighted by Crippen LogP contribution is 2.27. The highest BCUT2D eigenvalue weighted by atomic mass is 35.5. The maximum atomic E-state index is 13.7. The van der Waals surface area contributed by atoms with E-state index in [1.54, 1.807) is 36.1 Å². The maximum absolute atomic E-state index is 13.7. The first kappa shape index (κ1) is 21.0. The van der Waals surface area contributed by atoms with Gasteiger partial charge in [-0.3, -0.25) is 4.79 Å². The molecule has 0 aromatic heterocycles. The topological polar surface area (TPSA) is 61.4 Å². The van der Waals surface area contributed by atoms with Crippen LogP contribution in [0.1, 0.15) is 19.8 Å². The molecule has 0 radical (unpaired) electrons. The number of nitrogens with one attached hydrogen (secondary N) is 2. The van der Waals surface area contributed by atoms with Gasteiger partial charge in [0.1, 0.15) is 11.6 Å². The van der Waals surface area contributed by atoms with Crippen LogP contribution >= 0.6 is 11.6 Å². The lowest BCUT2D eigenvalue weighted by Crippen LogP contribution is -2.43. The van der Waals surface area contributed by atoms with Gasteiger partial charge in [0.25, 0.3) is 0 Å². The van der Waals surface area contributed by atoms with Gasteiger partial charge in [-0.25, -0.2) is 13.6 Å². The average molecular weight is 422 g/mol. The summed E-state index contributed by atoms with van der Waals surface area (Å²) in [4.78, 5) is 26.6. The number of anilines is 2. The molecule has 1 heterocycles. The predicted octanol–water partition coefficient (Wildman–Crippen LogP) is 5.14. The van der Waals surface area contributed by atoms with Gasteiger partial charge in [-0.2, -0.15) is 0 Å². The fourth-order valence-corrected chi connectivity index (χ4v) is 3.52. The van der Waals surface area contributed by atoms with Crippen LogP contribution in [-0.2, 0) is 4.79 Å². The molecule has 0 unspecified atom stereocenters. The highest BCUT2D eigenvalue weighted by molar-refractivity contribution is 6.30. The Labute approximate surface area is 173 Å². The summed E-state index contributed by atoms with van der Waals surface area (Å²) >= 11 is 5.84. The molecule has 1 aliphatic heterocycles. The molecule has 2 aromatic rings. The number of hydrogen-bond donors (Lipinski definition) is 2. The van der Waals surface area contributed by atoms with Gasteiger partial charge < -0.3 is 15.5 Å². The Morgan fingerprint density at radius 1 is 1.07 bits per heavy atom. The standard InChI is InChI=1S/C21H22ClF2N3O2/c1-13(20(28)26-19-7-4-16(23)12-18(19)24)14-8-10-27(11-9-14)21(29)25-17-5-2-15(22)3-6-17/h2-7,12-14H,8-11H2,1H3,(H,25,29)(H,26,28)/t13-/m0/s1. The SMILES string of the molecule is C[C@H](C(=O)Nc1ccc(F)cc1F)C1CCN(C(=O)Nc2ccc(Cl)cc2)CC1. The molecule has 29 heavy (non-hydrogen) atoms. The first-order valence-electron chi connectivity index (χ1n) is 9.41. The molecule has 8 heteroatoms. The molecule has 3 rings (SSSR count). The fraction of sp³-hybridized carbons (Fsp3) is 0.333. The van der Waals surface area contributed by atoms with Gasteiger partial charge in [-0.1, -0.05) is 18.5 Å². The number of halogens is 3. The van der Waals surface area contributed by atoms with E-state index in [2.05, 4.69) is 10.6 Å². The van der Waals surface area contributed by atoms with Gasteiger partial charge in [0.2, 0.25) is 5.91 Å². The summed E-state index contributed by atoms with van der Waals surface area (Å²) in [5.41, 5.74) is 0.624. The molecule has 1 atom stereocenters. The van der Waals surface area contributed by atoms with Gasteiger partial charge in [-0.15, -0.1) is 0 Å². The first-order chi connectivity index (χ1) is 13.8. The van der Waals surface area contributed by atoms with Crippen molar-refractivity contribution in [3.8, 4) is 0 Å². The van der Waals surface area contributed by atoms with E-state index in [9.17, 15) is 18.4 Å².